The monoisotopic (exact) mass is 296 g/mol. The fraction of sp³-hybridized carbons (Fsp3) is 0.400. The molecule has 0 aliphatic rings. The van der Waals surface area contributed by atoms with Crippen molar-refractivity contribution in [3.63, 3.8) is 0 Å². The van der Waals surface area contributed by atoms with Gasteiger partial charge in [-0.25, -0.2) is 13.8 Å². The zero-order chi connectivity index (χ0) is 14.7. The van der Waals surface area contributed by atoms with Gasteiger partial charge in [-0.3, -0.25) is 0 Å². The zero-order valence-corrected chi connectivity index (χ0v) is 12.7. The molecule has 1 heterocycles. The Bertz CT molecular complexity index is 594. The molecule has 108 valence electrons. The van der Waals surface area contributed by atoms with Gasteiger partial charge in [-0.2, -0.15) is 0 Å². The molecule has 0 radical (unpaired) electrons. The van der Waals surface area contributed by atoms with Crippen LogP contribution in [-0.4, -0.2) is 11.0 Å². The van der Waals surface area contributed by atoms with E-state index >= 15 is 0 Å². The molecule has 0 fully saturated rings. The summed E-state index contributed by atoms with van der Waals surface area (Å²) in [4.78, 5) is 5.53. The molecular formula is C15H18F2N2S. The number of nitrogens with one attached hydrogen (secondary N) is 1. The van der Waals surface area contributed by atoms with Crippen LogP contribution >= 0.6 is 11.3 Å². The van der Waals surface area contributed by atoms with Gasteiger partial charge < -0.3 is 5.32 Å². The summed E-state index contributed by atoms with van der Waals surface area (Å²) in [5.74, 6) is -0.886. The van der Waals surface area contributed by atoms with Gasteiger partial charge in [0.15, 0.2) is 0 Å². The molecule has 2 rings (SSSR count). The number of aromatic nitrogens is 1. The van der Waals surface area contributed by atoms with Crippen molar-refractivity contribution in [1.29, 1.82) is 0 Å². The minimum absolute atomic E-state index is 0.237. The predicted molar refractivity (Wildman–Crippen MR) is 78.8 cm³/mol. The molecule has 0 atom stereocenters. The lowest BCUT2D eigenvalue weighted by atomic mass is 10.2. The molecule has 0 spiro atoms. The molecule has 1 aromatic heterocycles. The van der Waals surface area contributed by atoms with Gasteiger partial charge in [0.05, 0.1) is 5.69 Å². The first-order valence-corrected chi connectivity index (χ1v) is 7.50. The number of hydrogen-bond donors (Lipinski definition) is 1. The molecule has 5 heteroatoms. The van der Waals surface area contributed by atoms with Crippen LogP contribution in [0.5, 0.6) is 0 Å². The van der Waals surface area contributed by atoms with Gasteiger partial charge in [0.1, 0.15) is 16.6 Å². The zero-order valence-electron chi connectivity index (χ0n) is 11.8. The third-order valence-corrected chi connectivity index (χ3v) is 4.07. The summed E-state index contributed by atoms with van der Waals surface area (Å²) in [6.07, 6.45) is 0.780. The van der Waals surface area contributed by atoms with E-state index in [2.05, 4.69) is 24.1 Å². The van der Waals surface area contributed by atoms with E-state index in [0.717, 1.165) is 29.1 Å². The Morgan fingerprint density at radius 1 is 1.30 bits per heavy atom. The van der Waals surface area contributed by atoms with Gasteiger partial charge in [0, 0.05) is 23.0 Å². The molecule has 0 aliphatic heterocycles. The highest BCUT2D eigenvalue weighted by Crippen LogP contribution is 2.30. The van der Waals surface area contributed by atoms with Gasteiger partial charge in [-0.05, 0) is 24.6 Å². The lowest BCUT2D eigenvalue weighted by Gasteiger charge is -2.06. The minimum Gasteiger partial charge on any atom is -0.310 e. The lowest BCUT2D eigenvalue weighted by Crippen LogP contribution is -2.21. The Labute approximate surface area is 121 Å². The van der Waals surface area contributed by atoms with Gasteiger partial charge in [-0.15, -0.1) is 11.3 Å². The summed E-state index contributed by atoms with van der Waals surface area (Å²) in [7, 11) is 0. The van der Waals surface area contributed by atoms with E-state index in [1.807, 2.05) is 6.92 Å². The molecule has 0 saturated carbocycles. The highest BCUT2D eigenvalue weighted by atomic mass is 32.1. The summed E-state index contributed by atoms with van der Waals surface area (Å²) in [6, 6.07) is 3.84. The first-order chi connectivity index (χ1) is 9.51. The van der Waals surface area contributed by atoms with Gasteiger partial charge in [0.2, 0.25) is 0 Å². The summed E-state index contributed by atoms with van der Waals surface area (Å²) in [5, 5.41) is 3.87. The maximum absolute atomic E-state index is 13.8. The molecule has 0 amide bonds. The Kier molecular flexibility index (Phi) is 4.83. The van der Waals surface area contributed by atoms with Crippen molar-refractivity contribution in [3.8, 4) is 10.6 Å². The number of thiazole rings is 1. The maximum atomic E-state index is 13.8. The molecule has 0 aliphatic carbocycles. The predicted octanol–water partition coefficient (Wildman–Crippen LogP) is 4.15. The van der Waals surface area contributed by atoms with Crippen LogP contribution in [0.15, 0.2) is 18.2 Å². The second kappa shape index (κ2) is 6.41. The van der Waals surface area contributed by atoms with Crippen LogP contribution in [0.1, 0.15) is 31.3 Å². The number of rotatable bonds is 5. The second-order valence-electron chi connectivity index (χ2n) is 4.90. The number of aryl methyl sites for hydroxylation is 1. The molecule has 20 heavy (non-hydrogen) atoms. The van der Waals surface area contributed by atoms with Crippen LogP contribution in [0, 0.1) is 11.6 Å². The summed E-state index contributed by atoms with van der Waals surface area (Å²) < 4.78 is 27.1. The van der Waals surface area contributed by atoms with E-state index in [-0.39, 0.29) is 5.56 Å². The minimum atomic E-state index is -0.448. The molecule has 2 nitrogen and oxygen atoms in total. The van der Waals surface area contributed by atoms with Crippen molar-refractivity contribution in [1.82, 2.24) is 10.3 Å². The normalized spacial score (nSPS) is 11.3. The van der Waals surface area contributed by atoms with E-state index < -0.39 is 11.6 Å². The summed E-state index contributed by atoms with van der Waals surface area (Å²) in [5.41, 5.74) is 1.18. The first kappa shape index (κ1) is 15.1. The standard InChI is InChI=1S/C15H18F2N2S/c1-4-13-14(8-18-9(2)3)20-15(19-13)11-7-10(16)5-6-12(11)17/h5-7,9,18H,4,8H2,1-3H3. The quantitative estimate of drug-likeness (QED) is 0.896. The van der Waals surface area contributed by atoms with E-state index in [1.54, 1.807) is 0 Å². The van der Waals surface area contributed by atoms with E-state index in [4.69, 9.17) is 0 Å². The third-order valence-electron chi connectivity index (χ3n) is 2.94. The van der Waals surface area contributed by atoms with Crippen molar-refractivity contribution in [3.05, 3.63) is 40.4 Å². The Morgan fingerprint density at radius 3 is 2.70 bits per heavy atom. The van der Waals surface area contributed by atoms with Crippen molar-refractivity contribution >= 4 is 11.3 Å². The second-order valence-corrected chi connectivity index (χ2v) is 5.99. The Hall–Kier alpha value is -1.33. The van der Waals surface area contributed by atoms with Crippen LogP contribution < -0.4 is 5.32 Å². The molecule has 0 unspecified atom stereocenters. The largest absolute Gasteiger partial charge is 0.310 e. The number of hydrogen-bond acceptors (Lipinski definition) is 3. The third kappa shape index (κ3) is 3.41. The van der Waals surface area contributed by atoms with E-state index in [1.165, 1.54) is 17.4 Å². The molecule has 0 bridgehead atoms. The maximum Gasteiger partial charge on any atom is 0.133 e. The van der Waals surface area contributed by atoms with Crippen molar-refractivity contribution in [2.75, 3.05) is 0 Å². The Morgan fingerprint density at radius 2 is 2.05 bits per heavy atom. The van der Waals surface area contributed by atoms with Crippen LogP contribution in [-0.2, 0) is 13.0 Å². The first-order valence-electron chi connectivity index (χ1n) is 6.68. The molecule has 0 saturated heterocycles. The SMILES string of the molecule is CCc1nc(-c2cc(F)ccc2F)sc1CNC(C)C. The van der Waals surface area contributed by atoms with Crippen molar-refractivity contribution < 1.29 is 8.78 Å². The number of benzene rings is 1. The molecule has 1 N–H and O–H groups in total. The molecular weight excluding hydrogens is 278 g/mol. The fourth-order valence-electron chi connectivity index (χ4n) is 1.87. The number of nitrogens with zero attached hydrogens (tertiary/aromatic N) is 1. The smallest absolute Gasteiger partial charge is 0.133 e. The fourth-order valence-corrected chi connectivity index (χ4v) is 2.99. The highest BCUT2D eigenvalue weighted by molar-refractivity contribution is 7.15. The van der Waals surface area contributed by atoms with Crippen LogP contribution in [0.3, 0.4) is 0 Å². The van der Waals surface area contributed by atoms with Crippen LogP contribution in [0.25, 0.3) is 10.6 Å². The number of halogens is 2. The van der Waals surface area contributed by atoms with Gasteiger partial charge in [-0.1, -0.05) is 20.8 Å². The average Bonchev–Trinajstić information content (AvgIpc) is 2.82. The van der Waals surface area contributed by atoms with Gasteiger partial charge in [0.25, 0.3) is 0 Å². The highest BCUT2D eigenvalue weighted by Gasteiger charge is 2.15. The average molecular weight is 296 g/mol. The molecule has 1 aromatic carbocycles. The summed E-state index contributed by atoms with van der Waals surface area (Å²) in [6.45, 7) is 6.86. The van der Waals surface area contributed by atoms with Crippen molar-refractivity contribution in [2.45, 2.75) is 39.8 Å². The van der Waals surface area contributed by atoms with E-state index in [9.17, 15) is 8.78 Å². The Balaban J connectivity index is 2.35. The topological polar surface area (TPSA) is 24.9 Å². The van der Waals surface area contributed by atoms with Crippen LogP contribution in [0.2, 0.25) is 0 Å². The van der Waals surface area contributed by atoms with E-state index in [0.29, 0.717) is 17.6 Å². The molecule has 2 aromatic rings. The lowest BCUT2D eigenvalue weighted by molar-refractivity contribution is 0.590. The van der Waals surface area contributed by atoms with Crippen LogP contribution in [0.4, 0.5) is 8.78 Å². The summed E-state index contributed by atoms with van der Waals surface area (Å²) >= 11 is 1.42. The van der Waals surface area contributed by atoms with Crippen molar-refractivity contribution in [2.24, 2.45) is 0 Å². The van der Waals surface area contributed by atoms with Gasteiger partial charge >= 0.3 is 0 Å².